The monoisotopic (exact) mass is 683 g/mol. The molecule has 0 bridgehead atoms. The van der Waals surface area contributed by atoms with Crippen LogP contribution in [0.1, 0.15) is 26.3 Å². The predicted molar refractivity (Wildman–Crippen MR) is 226 cm³/mol. The highest BCUT2D eigenvalue weighted by molar-refractivity contribution is 6.11. The Morgan fingerprint density at radius 3 is 1.38 bits per heavy atom. The predicted octanol–water partition coefficient (Wildman–Crippen LogP) is 14.2. The molecular formula is C50H41N3. The average molecular weight is 684 g/mol. The minimum absolute atomic E-state index is 0.0330. The Hall–Kier alpha value is -6.58. The van der Waals surface area contributed by atoms with Crippen molar-refractivity contribution < 1.29 is 0 Å². The van der Waals surface area contributed by atoms with Crippen molar-refractivity contribution >= 4 is 66.7 Å². The highest BCUT2D eigenvalue weighted by Gasteiger charge is 2.21. The van der Waals surface area contributed by atoms with Gasteiger partial charge in [-0.2, -0.15) is 0 Å². The number of para-hydroxylation sites is 3. The first-order valence-electron chi connectivity index (χ1n) is 18.4. The molecule has 0 radical (unpaired) electrons. The topological polar surface area (TPSA) is 11.4 Å². The lowest BCUT2D eigenvalue weighted by Gasteiger charge is -2.28. The fraction of sp³-hybridized carbons (Fsp3) is 0.0800. The van der Waals surface area contributed by atoms with Crippen molar-refractivity contribution in [3.05, 3.63) is 200 Å². The summed E-state index contributed by atoms with van der Waals surface area (Å²) >= 11 is 0. The van der Waals surface area contributed by atoms with E-state index in [2.05, 4.69) is 229 Å². The van der Waals surface area contributed by atoms with E-state index in [0.717, 1.165) is 39.8 Å². The Bertz CT molecular complexity index is 2690. The van der Waals surface area contributed by atoms with Crippen LogP contribution < -0.4 is 9.80 Å². The SMILES string of the molecule is CC(C)(C)c1ccc2c(c1)c1cc(N(c3ccccc3)c3ccc(N(c4ccccc4)c4ccc5ccccc5c4)cc3)ccc1n2-c1ccccc1. The molecule has 0 fully saturated rings. The van der Waals surface area contributed by atoms with Crippen molar-refractivity contribution in [2.45, 2.75) is 26.2 Å². The van der Waals surface area contributed by atoms with Crippen LogP contribution in [0.25, 0.3) is 38.3 Å². The number of nitrogens with zero attached hydrogens (tertiary/aromatic N) is 3. The molecular weight excluding hydrogens is 643 g/mol. The third-order valence-corrected chi connectivity index (χ3v) is 10.3. The van der Waals surface area contributed by atoms with Crippen LogP contribution in [0.4, 0.5) is 34.1 Å². The summed E-state index contributed by atoms with van der Waals surface area (Å²) in [7, 11) is 0. The van der Waals surface area contributed by atoms with E-state index in [1.807, 2.05) is 0 Å². The van der Waals surface area contributed by atoms with E-state index in [0.29, 0.717) is 0 Å². The maximum atomic E-state index is 2.40. The molecule has 0 saturated heterocycles. The lowest BCUT2D eigenvalue weighted by Crippen LogP contribution is -2.12. The van der Waals surface area contributed by atoms with E-state index in [1.165, 1.54) is 38.1 Å². The third-order valence-electron chi connectivity index (χ3n) is 10.3. The van der Waals surface area contributed by atoms with Crippen LogP contribution >= 0.6 is 0 Å². The summed E-state index contributed by atoms with van der Waals surface area (Å²) in [6.45, 7) is 6.86. The van der Waals surface area contributed by atoms with Crippen molar-refractivity contribution in [2.75, 3.05) is 9.80 Å². The van der Waals surface area contributed by atoms with Gasteiger partial charge >= 0.3 is 0 Å². The van der Waals surface area contributed by atoms with Gasteiger partial charge in [0, 0.05) is 50.6 Å². The van der Waals surface area contributed by atoms with Gasteiger partial charge in [0.1, 0.15) is 0 Å². The van der Waals surface area contributed by atoms with E-state index in [-0.39, 0.29) is 5.41 Å². The number of hydrogen-bond acceptors (Lipinski definition) is 2. The molecule has 3 nitrogen and oxygen atoms in total. The van der Waals surface area contributed by atoms with Crippen LogP contribution in [0, 0.1) is 0 Å². The largest absolute Gasteiger partial charge is 0.310 e. The number of fused-ring (bicyclic) bond motifs is 4. The second-order valence-electron chi connectivity index (χ2n) is 14.7. The molecule has 0 saturated carbocycles. The van der Waals surface area contributed by atoms with Crippen LogP contribution in [0.5, 0.6) is 0 Å². The maximum Gasteiger partial charge on any atom is 0.0542 e. The zero-order chi connectivity index (χ0) is 35.9. The second kappa shape index (κ2) is 13.2. The van der Waals surface area contributed by atoms with Gasteiger partial charge in [-0.05, 0) is 125 Å². The molecule has 9 aromatic rings. The highest BCUT2D eigenvalue weighted by Crippen LogP contribution is 2.42. The van der Waals surface area contributed by atoms with Crippen molar-refractivity contribution in [3.63, 3.8) is 0 Å². The molecule has 256 valence electrons. The van der Waals surface area contributed by atoms with E-state index in [1.54, 1.807) is 0 Å². The van der Waals surface area contributed by atoms with Crippen LogP contribution in [0.15, 0.2) is 194 Å². The minimum atomic E-state index is 0.0330. The molecule has 9 rings (SSSR count). The lowest BCUT2D eigenvalue weighted by molar-refractivity contribution is 0.591. The number of benzene rings is 8. The number of rotatable bonds is 7. The summed E-state index contributed by atoms with van der Waals surface area (Å²) < 4.78 is 2.40. The molecule has 0 aliphatic carbocycles. The van der Waals surface area contributed by atoms with Crippen LogP contribution in [-0.2, 0) is 5.41 Å². The quantitative estimate of drug-likeness (QED) is 0.166. The molecule has 0 spiro atoms. The lowest BCUT2D eigenvalue weighted by atomic mass is 9.86. The van der Waals surface area contributed by atoms with Crippen molar-refractivity contribution in [1.82, 2.24) is 4.57 Å². The minimum Gasteiger partial charge on any atom is -0.310 e. The van der Waals surface area contributed by atoms with Gasteiger partial charge in [-0.25, -0.2) is 0 Å². The summed E-state index contributed by atoms with van der Waals surface area (Å²) in [6, 6.07) is 70.1. The molecule has 1 aromatic heterocycles. The molecule has 3 heteroatoms. The zero-order valence-corrected chi connectivity index (χ0v) is 30.3. The summed E-state index contributed by atoms with van der Waals surface area (Å²) in [5, 5.41) is 4.94. The Morgan fingerprint density at radius 1 is 0.358 bits per heavy atom. The second-order valence-corrected chi connectivity index (χ2v) is 14.7. The van der Waals surface area contributed by atoms with Crippen molar-refractivity contribution in [1.29, 1.82) is 0 Å². The number of anilines is 6. The van der Waals surface area contributed by atoms with Crippen LogP contribution in [0.3, 0.4) is 0 Å². The molecule has 0 unspecified atom stereocenters. The van der Waals surface area contributed by atoms with Gasteiger partial charge in [-0.1, -0.05) is 112 Å². The summed E-state index contributed by atoms with van der Waals surface area (Å²) in [5.74, 6) is 0. The third kappa shape index (κ3) is 6.00. The first-order chi connectivity index (χ1) is 25.9. The Labute approximate surface area is 311 Å². The molecule has 0 atom stereocenters. The van der Waals surface area contributed by atoms with Crippen molar-refractivity contribution in [3.8, 4) is 5.69 Å². The summed E-state index contributed by atoms with van der Waals surface area (Å²) in [6.07, 6.45) is 0. The molecule has 53 heavy (non-hydrogen) atoms. The molecule has 1 heterocycles. The van der Waals surface area contributed by atoms with Crippen LogP contribution in [0.2, 0.25) is 0 Å². The molecule has 8 aromatic carbocycles. The number of hydrogen-bond donors (Lipinski definition) is 0. The van der Waals surface area contributed by atoms with E-state index < -0.39 is 0 Å². The zero-order valence-electron chi connectivity index (χ0n) is 30.3. The Morgan fingerprint density at radius 2 is 0.792 bits per heavy atom. The van der Waals surface area contributed by atoms with Crippen molar-refractivity contribution in [2.24, 2.45) is 0 Å². The maximum absolute atomic E-state index is 2.40. The van der Waals surface area contributed by atoms with E-state index in [9.17, 15) is 0 Å². The van der Waals surface area contributed by atoms with Gasteiger partial charge < -0.3 is 14.4 Å². The first kappa shape index (κ1) is 32.3. The first-order valence-corrected chi connectivity index (χ1v) is 18.4. The van der Waals surface area contributed by atoms with Crippen LogP contribution in [-0.4, -0.2) is 4.57 Å². The molecule has 0 aliphatic heterocycles. The molecule has 0 aliphatic rings. The smallest absolute Gasteiger partial charge is 0.0542 e. The molecule has 0 N–H and O–H groups in total. The van der Waals surface area contributed by atoms with Gasteiger partial charge in [-0.3, -0.25) is 0 Å². The van der Waals surface area contributed by atoms with Gasteiger partial charge in [0.2, 0.25) is 0 Å². The fourth-order valence-corrected chi connectivity index (χ4v) is 7.59. The average Bonchev–Trinajstić information content (AvgIpc) is 3.53. The normalized spacial score (nSPS) is 11.7. The van der Waals surface area contributed by atoms with E-state index >= 15 is 0 Å². The van der Waals surface area contributed by atoms with E-state index in [4.69, 9.17) is 0 Å². The standard InChI is InChI=1S/C50H41N3/c1-50(2,3)38-24-31-48-46(34-38)47-35-45(30-32-49(47)53(48)41-21-11-6-12-22-41)52(40-19-9-5-10-20-40)43-28-26-42(27-29-43)51(39-17-7-4-8-18-39)44-25-23-36-15-13-14-16-37(36)33-44/h4-35H,1-3H3. The summed E-state index contributed by atoms with van der Waals surface area (Å²) in [4.78, 5) is 4.70. The fourth-order valence-electron chi connectivity index (χ4n) is 7.59. The van der Waals surface area contributed by atoms with Gasteiger partial charge in [0.15, 0.2) is 0 Å². The Balaban J connectivity index is 1.19. The Kier molecular flexibility index (Phi) is 8.05. The van der Waals surface area contributed by atoms with Gasteiger partial charge in [-0.15, -0.1) is 0 Å². The summed E-state index contributed by atoms with van der Waals surface area (Å²) in [5.41, 5.74) is 11.6. The van der Waals surface area contributed by atoms with Gasteiger partial charge in [0.25, 0.3) is 0 Å². The highest BCUT2D eigenvalue weighted by atomic mass is 15.2. The number of aromatic nitrogens is 1. The van der Waals surface area contributed by atoms with Gasteiger partial charge in [0.05, 0.1) is 11.0 Å². The molecule has 0 amide bonds.